The molecule has 1 heteroatoms. The quantitative estimate of drug-likeness (QED) is 0.648. The van der Waals surface area contributed by atoms with Gasteiger partial charge in [0.25, 0.3) is 0 Å². The molecule has 1 heterocycles. The molecule has 2 rings (SSSR count). The van der Waals surface area contributed by atoms with Crippen LogP contribution in [0, 0.1) is 0 Å². The average molecular weight is 131 g/mol. The highest BCUT2D eigenvalue weighted by Crippen LogP contribution is 2.10. The van der Waals surface area contributed by atoms with Gasteiger partial charge in [-0.05, 0) is 5.56 Å². The summed E-state index contributed by atoms with van der Waals surface area (Å²) in [4.78, 5) is 0. The van der Waals surface area contributed by atoms with Crippen molar-refractivity contribution in [2.45, 2.75) is 6.42 Å². The summed E-state index contributed by atoms with van der Waals surface area (Å²) in [6, 6.07) is 10.5. The summed E-state index contributed by atoms with van der Waals surface area (Å²) < 4.78 is 0. The lowest BCUT2D eigenvalue weighted by molar-refractivity contribution is 1.14. The van der Waals surface area contributed by atoms with E-state index in [0.717, 1.165) is 6.42 Å². The molecule has 1 aromatic rings. The normalized spacial score (nSPS) is 13.8. The second-order valence-corrected chi connectivity index (χ2v) is 2.48. The number of benzene rings is 1. The van der Waals surface area contributed by atoms with Crippen LogP contribution in [0.2, 0.25) is 0 Å². The summed E-state index contributed by atoms with van der Waals surface area (Å²) in [7, 11) is 0. The van der Waals surface area contributed by atoms with Crippen LogP contribution in [0.25, 0.3) is 0 Å². The first-order valence-electron chi connectivity index (χ1n) is 3.45. The number of hydrogen-bond acceptors (Lipinski definition) is 1. The van der Waals surface area contributed by atoms with E-state index in [1.54, 1.807) is 0 Å². The monoisotopic (exact) mass is 131 g/mol. The first kappa shape index (κ1) is 5.54. The highest BCUT2D eigenvalue weighted by molar-refractivity contribution is 5.27. The van der Waals surface area contributed by atoms with Crippen LogP contribution in [0.15, 0.2) is 42.2 Å². The fourth-order valence-electron chi connectivity index (χ4n) is 0.969. The Morgan fingerprint density at radius 2 is 1.80 bits per heavy atom. The Morgan fingerprint density at radius 3 is 2.40 bits per heavy atom. The van der Waals surface area contributed by atoms with Gasteiger partial charge in [-0.3, -0.25) is 0 Å². The zero-order valence-electron chi connectivity index (χ0n) is 5.67. The zero-order valence-corrected chi connectivity index (χ0v) is 5.67. The molecule has 1 aliphatic rings. The summed E-state index contributed by atoms with van der Waals surface area (Å²) in [6.45, 7) is 0. The molecule has 0 saturated carbocycles. The second-order valence-electron chi connectivity index (χ2n) is 2.48. The molecule has 0 atom stereocenters. The molecule has 1 nitrogen and oxygen atoms in total. The third kappa shape index (κ3) is 1.18. The fourth-order valence-corrected chi connectivity index (χ4v) is 0.969. The molecule has 0 aromatic heterocycles. The van der Waals surface area contributed by atoms with Gasteiger partial charge in [0.2, 0.25) is 0 Å². The molecule has 10 heavy (non-hydrogen) atoms. The maximum atomic E-state index is 3.07. The summed E-state index contributed by atoms with van der Waals surface area (Å²) in [5, 5.41) is 3.07. The molecular formula is C9H9N. The minimum absolute atomic E-state index is 1.06. The van der Waals surface area contributed by atoms with Gasteiger partial charge in [0.1, 0.15) is 0 Å². The van der Waals surface area contributed by atoms with Crippen LogP contribution in [-0.2, 0) is 6.42 Å². The van der Waals surface area contributed by atoms with Gasteiger partial charge in [0.15, 0.2) is 0 Å². The Morgan fingerprint density at radius 1 is 1.10 bits per heavy atom. The lowest BCUT2D eigenvalue weighted by atomic mass is 10.1. The predicted molar refractivity (Wildman–Crippen MR) is 41.4 cm³/mol. The van der Waals surface area contributed by atoms with E-state index in [2.05, 4.69) is 29.6 Å². The van der Waals surface area contributed by atoms with Crippen molar-refractivity contribution >= 4 is 0 Å². The van der Waals surface area contributed by atoms with Crippen LogP contribution in [0.3, 0.4) is 0 Å². The Hall–Kier alpha value is -1.24. The lowest BCUT2D eigenvalue weighted by Crippen LogP contribution is -1.85. The van der Waals surface area contributed by atoms with Gasteiger partial charge in [-0.1, -0.05) is 30.3 Å². The van der Waals surface area contributed by atoms with E-state index in [-0.39, 0.29) is 0 Å². The summed E-state index contributed by atoms with van der Waals surface area (Å²) >= 11 is 0. The van der Waals surface area contributed by atoms with Crippen LogP contribution in [0.4, 0.5) is 0 Å². The van der Waals surface area contributed by atoms with Crippen LogP contribution in [0.1, 0.15) is 5.56 Å². The van der Waals surface area contributed by atoms with Gasteiger partial charge in [-0.2, -0.15) is 0 Å². The Balaban J connectivity index is 2.11. The SMILES string of the molecule is C1=C(Cc2ccccc2)N1. The smallest absolute Gasteiger partial charge is 0.0354 e. The third-order valence-corrected chi connectivity index (χ3v) is 1.59. The van der Waals surface area contributed by atoms with Gasteiger partial charge in [-0.25, -0.2) is 0 Å². The molecule has 1 aromatic carbocycles. The van der Waals surface area contributed by atoms with Crippen molar-refractivity contribution in [3.63, 3.8) is 0 Å². The van der Waals surface area contributed by atoms with Gasteiger partial charge in [0.05, 0.1) is 0 Å². The predicted octanol–water partition coefficient (Wildman–Crippen LogP) is 1.67. The van der Waals surface area contributed by atoms with E-state index in [1.165, 1.54) is 11.3 Å². The number of nitrogens with one attached hydrogen (secondary N) is 1. The molecule has 0 saturated heterocycles. The molecule has 0 aliphatic carbocycles. The molecule has 0 bridgehead atoms. The highest BCUT2D eigenvalue weighted by atomic mass is 15.0. The number of allylic oxidation sites excluding steroid dienone is 1. The zero-order chi connectivity index (χ0) is 6.81. The van der Waals surface area contributed by atoms with Crippen LogP contribution in [-0.4, -0.2) is 0 Å². The summed E-state index contributed by atoms with van der Waals surface area (Å²) in [5.41, 5.74) is 2.71. The van der Waals surface area contributed by atoms with E-state index in [1.807, 2.05) is 12.3 Å². The Bertz CT molecular complexity index is 249. The minimum Gasteiger partial charge on any atom is -0.362 e. The van der Waals surface area contributed by atoms with Gasteiger partial charge >= 0.3 is 0 Å². The second kappa shape index (κ2) is 2.18. The molecule has 50 valence electrons. The summed E-state index contributed by atoms with van der Waals surface area (Å²) in [5.74, 6) is 0. The van der Waals surface area contributed by atoms with Gasteiger partial charge in [-0.15, -0.1) is 0 Å². The Kier molecular flexibility index (Phi) is 1.21. The first-order valence-corrected chi connectivity index (χ1v) is 3.45. The minimum atomic E-state index is 1.06. The lowest BCUT2D eigenvalue weighted by Gasteiger charge is -1.92. The van der Waals surface area contributed by atoms with Crippen LogP contribution >= 0.6 is 0 Å². The molecular weight excluding hydrogens is 122 g/mol. The molecule has 0 spiro atoms. The third-order valence-electron chi connectivity index (χ3n) is 1.59. The Labute approximate surface area is 60.4 Å². The van der Waals surface area contributed by atoms with Gasteiger partial charge in [0, 0.05) is 18.3 Å². The molecule has 0 fully saturated rings. The van der Waals surface area contributed by atoms with E-state index >= 15 is 0 Å². The average Bonchev–Trinajstić information content (AvgIpc) is 2.74. The van der Waals surface area contributed by atoms with Crippen LogP contribution < -0.4 is 5.32 Å². The largest absolute Gasteiger partial charge is 0.362 e. The van der Waals surface area contributed by atoms with Crippen molar-refractivity contribution in [2.24, 2.45) is 0 Å². The topological polar surface area (TPSA) is 21.9 Å². The molecule has 0 radical (unpaired) electrons. The van der Waals surface area contributed by atoms with Crippen molar-refractivity contribution in [3.8, 4) is 0 Å². The molecule has 0 unspecified atom stereocenters. The number of rotatable bonds is 2. The van der Waals surface area contributed by atoms with Gasteiger partial charge < -0.3 is 5.32 Å². The van der Waals surface area contributed by atoms with Crippen molar-refractivity contribution in [1.82, 2.24) is 5.32 Å². The first-order chi connectivity index (χ1) is 4.95. The maximum absolute atomic E-state index is 3.07. The highest BCUT2D eigenvalue weighted by Gasteiger charge is 2.05. The van der Waals surface area contributed by atoms with Crippen LogP contribution in [0.5, 0.6) is 0 Å². The molecule has 0 amide bonds. The van der Waals surface area contributed by atoms with Crippen molar-refractivity contribution in [3.05, 3.63) is 47.8 Å². The maximum Gasteiger partial charge on any atom is 0.0354 e. The molecule has 1 N–H and O–H groups in total. The van der Waals surface area contributed by atoms with Crippen molar-refractivity contribution in [2.75, 3.05) is 0 Å². The number of hydrogen-bond donors (Lipinski definition) is 1. The van der Waals surface area contributed by atoms with E-state index in [9.17, 15) is 0 Å². The molecule has 1 aliphatic heterocycles. The van der Waals surface area contributed by atoms with E-state index < -0.39 is 0 Å². The standard InChI is InChI=1S/C9H9N/c1-2-4-8(5-3-1)6-9-7-10-9/h1-5,7,10H,6H2. The van der Waals surface area contributed by atoms with E-state index in [0.29, 0.717) is 0 Å². The fraction of sp³-hybridized carbons (Fsp3) is 0.111. The van der Waals surface area contributed by atoms with Crippen molar-refractivity contribution < 1.29 is 0 Å². The van der Waals surface area contributed by atoms with Crippen molar-refractivity contribution in [1.29, 1.82) is 0 Å². The van der Waals surface area contributed by atoms with E-state index in [4.69, 9.17) is 0 Å². The summed E-state index contributed by atoms with van der Waals surface area (Å²) in [6.07, 6.45) is 3.09.